The number of nitrogens with zero attached hydrogens (tertiary/aromatic N) is 1. The quantitative estimate of drug-likeness (QED) is 0.279. The van der Waals surface area contributed by atoms with Gasteiger partial charge in [-0.3, -0.25) is 9.69 Å². The second kappa shape index (κ2) is 9.67. The highest BCUT2D eigenvalue weighted by atomic mass is 16.5. The highest BCUT2D eigenvalue weighted by molar-refractivity contribution is 6.15. The fourth-order valence-electron chi connectivity index (χ4n) is 5.16. The molecule has 0 aliphatic carbocycles. The normalized spacial score (nSPS) is 16.4. The molecule has 4 aromatic rings. The Balaban J connectivity index is 1.38. The standard InChI is InChI=1S/C31H29NO4/c1-21(32-16-6-3-7-17-32)35-25-14-12-22(13-15-25)29-26-19-24-11-8-18-34-27(24)20-28(26)36-31(29)30(33)23-9-4-2-5-10-23/h2,4-5,8-10,12-15,18-21H,3,6-7,11,16-17H2,1H3. The van der Waals surface area contributed by atoms with Gasteiger partial charge in [-0.25, -0.2) is 0 Å². The molecule has 0 N–H and O–H groups in total. The minimum Gasteiger partial charge on any atom is -0.475 e. The summed E-state index contributed by atoms with van der Waals surface area (Å²) in [7, 11) is 0. The lowest BCUT2D eigenvalue weighted by Gasteiger charge is -2.32. The lowest BCUT2D eigenvalue weighted by Crippen LogP contribution is -2.40. The number of allylic oxidation sites excluding steroid dienone is 1. The molecule has 0 amide bonds. The summed E-state index contributed by atoms with van der Waals surface area (Å²) >= 11 is 0. The molecule has 1 aromatic heterocycles. The highest BCUT2D eigenvalue weighted by Gasteiger charge is 2.25. The predicted molar refractivity (Wildman–Crippen MR) is 141 cm³/mol. The van der Waals surface area contributed by atoms with Crippen LogP contribution < -0.4 is 9.47 Å². The molecular formula is C31H29NO4. The topological polar surface area (TPSA) is 51.9 Å². The molecule has 6 rings (SSSR count). The molecule has 1 atom stereocenters. The molecule has 1 saturated heterocycles. The van der Waals surface area contributed by atoms with Gasteiger partial charge in [0.1, 0.15) is 23.3 Å². The lowest BCUT2D eigenvalue weighted by atomic mass is 9.96. The number of ketones is 1. The van der Waals surface area contributed by atoms with Crippen LogP contribution in [0, 0.1) is 0 Å². The Hall–Kier alpha value is -3.83. The minimum atomic E-state index is -0.141. The van der Waals surface area contributed by atoms with E-state index in [9.17, 15) is 4.79 Å². The number of furan rings is 1. The van der Waals surface area contributed by atoms with Gasteiger partial charge in [0.2, 0.25) is 5.78 Å². The van der Waals surface area contributed by atoms with Crippen molar-refractivity contribution in [3.8, 4) is 22.6 Å². The Morgan fingerprint density at radius 3 is 2.53 bits per heavy atom. The van der Waals surface area contributed by atoms with E-state index in [1.165, 1.54) is 19.3 Å². The smallest absolute Gasteiger partial charge is 0.228 e. The summed E-state index contributed by atoms with van der Waals surface area (Å²) in [5.41, 5.74) is 4.01. The fourth-order valence-corrected chi connectivity index (χ4v) is 5.16. The van der Waals surface area contributed by atoms with E-state index in [1.807, 2.05) is 66.7 Å². The number of carbonyl (C=O) groups is 1. The second-order valence-corrected chi connectivity index (χ2v) is 9.49. The number of piperidine rings is 1. The van der Waals surface area contributed by atoms with Crippen LogP contribution in [0.5, 0.6) is 11.5 Å². The van der Waals surface area contributed by atoms with Crippen LogP contribution in [0.3, 0.4) is 0 Å². The van der Waals surface area contributed by atoms with E-state index in [1.54, 1.807) is 6.26 Å². The third-order valence-electron chi connectivity index (χ3n) is 7.10. The third-order valence-corrected chi connectivity index (χ3v) is 7.10. The Bertz CT molecular complexity index is 1410. The first-order valence-electron chi connectivity index (χ1n) is 12.7. The van der Waals surface area contributed by atoms with E-state index >= 15 is 0 Å². The Morgan fingerprint density at radius 2 is 1.75 bits per heavy atom. The molecule has 0 spiro atoms. The van der Waals surface area contributed by atoms with Gasteiger partial charge in [0.05, 0.1) is 6.26 Å². The number of likely N-dealkylation sites (tertiary alicyclic amines) is 1. The van der Waals surface area contributed by atoms with Crippen molar-refractivity contribution < 1.29 is 18.7 Å². The van der Waals surface area contributed by atoms with E-state index in [0.29, 0.717) is 16.9 Å². The maximum atomic E-state index is 13.6. The van der Waals surface area contributed by atoms with Crippen molar-refractivity contribution >= 4 is 16.8 Å². The first kappa shape index (κ1) is 22.6. The van der Waals surface area contributed by atoms with Gasteiger partial charge in [0.15, 0.2) is 5.76 Å². The summed E-state index contributed by atoms with van der Waals surface area (Å²) in [4.78, 5) is 15.9. The van der Waals surface area contributed by atoms with Crippen LogP contribution in [-0.2, 0) is 6.42 Å². The molecule has 36 heavy (non-hydrogen) atoms. The van der Waals surface area contributed by atoms with Crippen LogP contribution in [0.4, 0.5) is 0 Å². The van der Waals surface area contributed by atoms with Crippen LogP contribution in [0.25, 0.3) is 22.1 Å². The van der Waals surface area contributed by atoms with E-state index < -0.39 is 0 Å². The fraction of sp³-hybridized carbons (Fsp3) is 0.258. The van der Waals surface area contributed by atoms with Gasteiger partial charge in [-0.1, -0.05) is 48.9 Å². The summed E-state index contributed by atoms with van der Waals surface area (Å²) in [6.07, 6.45) is 8.23. The van der Waals surface area contributed by atoms with Crippen LogP contribution >= 0.6 is 0 Å². The van der Waals surface area contributed by atoms with Crippen molar-refractivity contribution in [2.24, 2.45) is 0 Å². The summed E-state index contributed by atoms with van der Waals surface area (Å²) < 4.78 is 18.2. The van der Waals surface area contributed by atoms with Gasteiger partial charge in [-0.05, 0) is 61.6 Å². The average Bonchev–Trinajstić information content (AvgIpc) is 3.31. The molecule has 0 bridgehead atoms. The number of rotatable bonds is 6. The van der Waals surface area contributed by atoms with Gasteiger partial charge in [0.25, 0.3) is 0 Å². The largest absolute Gasteiger partial charge is 0.475 e. The van der Waals surface area contributed by atoms with E-state index in [0.717, 1.165) is 53.1 Å². The monoisotopic (exact) mass is 479 g/mol. The molecule has 0 saturated carbocycles. The van der Waals surface area contributed by atoms with Crippen LogP contribution in [0.2, 0.25) is 0 Å². The van der Waals surface area contributed by atoms with Crippen molar-refractivity contribution in [1.82, 2.24) is 4.90 Å². The molecule has 3 aromatic carbocycles. The molecular weight excluding hydrogens is 450 g/mol. The maximum absolute atomic E-state index is 13.6. The molecule has 2 aliphatic heterocycles. The number of carbonyl (C=O) groups excluding carboxylic acids is 1. The van der Waals surface area contributed by atoms with E-state index in [-0.39, 0.29) is 12.0 Å². The first-order valence-corrected chi connectivity index (χ1v) is 12.7. The second-order valence-electron chi connectivity index (χ2n) is 9.49. The van der Waals surface area contributed by atoms with Crippen molar-refractivity contribution in [1.29, 1.82) is 0 Å². The third kappa shape index (κ3) is 4.31. The van der Waals surface area contributed by atoms with Gasteiger partial charge in [-0.2, -0.15) is 0 Å². The van der Waals surface area contributed by atoms with E-state index in [4.69, 9.17) is 13.9 Å². The Kier molecular flexibility index (Phi) is 6.08. The van der Waals surface area contributed by atoms with Gasteiger partial charge in [0, 0.05) is 35.7 Å². The highest BCUT2D eigenvalue weighted by Crippen LogP contribution is 2.40. The molecule has 0 radical (unpaired) electrons. The van der Waals surface area contributed by atoms with Crippen LogP contribution in [0.15, 0.2) is 83.5 Å². The molecule has 1 fully saturated rings. The number of hydrogen-bond acceptors (Lipinski definition) is 5. The summed E-state index contributed by atoms with van der Waals surface area (Å²) in [6.45, 7) is 4.27. The maximum Gasteiger partial charge on any atom is 0.228 e. The van der Waals surface area contributed by atoms with Crippen molar-refractivity contribution in [3.63, 3.8) is 0 Å². The Morgan fingerprint density at radius 1 is 0.972 bits per heavy atom. The zero-order chi connectivity index (χ0) is 24.5. The number of benzene rings is 3. The molecule has 3 heterocycles. The van der Waals surface area contributed by atoms with Crippen LogP contribution in [-0.4, -0.2) is 30.0 Å². The molecule has 5 nitrogen and oxygen atoms in total. The van der Waals surface area contributed by atoms with Crippen LogP contribution in [0.1, 0.15) is 47.9 Å². The molecule has 182 valence electrons. The summed E-state index contributed by atoms with van der Waals surface area (Å²) in [6, 6.07) is 21.2. The van der Waals surface area contributed by atoms with Crippen molar-refractivity contribution in [2.45, 2.75) is 38.8 Å². The van der Waals surface area contributed by atoms with Gasteiger partial charge < -0.3 is 13.9 Å². The SMILES string of the molecule is CC(Oc1ccc(-c2c(C(=O)c3ccccc3)oc3cc4c(cc23)CC=CO4)cc1)N1CCCCC1. The van der Waals surface area contributed by atoms with Gasteiger partial charge >= 0.3 is 0 Å². The molecule has 5 heteroatoms. The number of ether oxygens (including phenoxy) is 2. The Labute approximate surface area is 210 Å². The van der Waals surface area contributed by atoms with E-state index in [2.05, 4.69) is 17.9 Å². The molecule has 1 unspecified atom stereocenters. The van der Waals surface area contributed by atoms with Gasteiger partial charge in [-0.15, -0.1) is 0 Å². The predicted octanol–water partition coefficient (Wildman–Crippen LogP) is 6.99. The summed E-state index contributed by atoms with van der Waals surface area (Å²) in [5, 5.41) is 0.905. The zero-order valence-corrected chi connectivity index (χ0v) is 20.4. The minimum absolute atomic E-state index is 0.0284. The molecule has 2 aliphatic rings. The lowest BCUT2D eigenvalue weighted by molar-refractivity contribution is 0.0262. The van der Waals surface area contributed by atoms with Crippen molar-refractivity contribution in [2.75, 3.05) is 13.1 Å². The zero-order valence-electron chi connectivity index (χ0n) is 20.4. The number of hydrogen-bond donors (Lipinski definition) is 0. The van der Waals surface area contributed by atoms with Crippen molar-refractivity contribution in [3.05, 3.63) is 96.0 Å². The average molecular weight is 480 g/mol. The summed E-state index contributed by atoms with van der Waals surface area (Å²) in [5.74, 6) is 1.77. The first-order chi connectivity index (χ1) is 17.7. The number of fused-ring (bicyclic) bond motifs is 2.